The Bertz CT molecular complexity index is 747. The van der Waals surface area contributed by atoms with Gasteiger partial charge in [-0.1, -0.05) is 48.9 Å². The number of nitrogens with zero attached hydrogens (tertiary/aromatic N) is 2. The van der Waals surface area contributed by atoms with Gasteiger partial charge in [-0.25, -0.2) is 0 Å². The third-order valence-corrected chi connectivity index (χ3v) is 4.34. The Morgan fingerprint density at radius 2 is 1.65 bits per heavy atom. The van der Waals surface area contributed by atoms with Gasteiger partial charge in [0.25, 0.3) is 0 Å². The third kappa shape index (κ3) is 3.47. The van der Waals surface area contributed by atoms with E-state index in [1.54, 1.807) is 6.08 Å². The van der Waals surface area contributed by atoms with Crippen LogP contribution in [-0.4, -0.2) is 0 Å². The lowest BCUT2D eigenvalue weighted by Gasteiger charge is -2.24. The van der Waals surface area contributed by atoms with Gasteiger partial charge in [-0.15, -0.1) is 0 Å². The second kappa shape index (κ2) is 7.18. The lowest BCUT2D eigenvalue weighted by Crippen LogP contribution is -2.23. The quantitative estimate of drug-likeness (QED) is 0.881. The van der Waals surface area contributed by atoms with Crippen molar-refractivity contribution < 1.29 is 0 Å². The maximum atomic E-state index is 9.43. The number of benzene rings is 1. The Balaban J connectivity index is 2.46. The first kappa shape index (κ1) is 16.9. The van der Waals surface area contributed by atoms with E-state index in [1.165, 1.54) is 5.56 Å². The summed E-state index contributed by atoms with van der Waals surface area (Å²) in [6.45, 7) is 5.77. The number of rotatable bonds is 3. The number of hydrogen-bond donors (Lipinski definition) is 1. The Hall–Kier alpha value is -2.49. The highest BCUT2D eigenvalue weighted by Crippen LogP contribution is 2.33. The molecular weight excluding hydrogens is 306 g/mol. The lowest BCUT2D eigenvalue weighted by atomic mass is 9.86. The van der Waals surface area contributed by atoms with Crippen molar-refractivity contribution in [3.05, 3.63) is 64.0 Å². The molecular formula is C19H18ClN3. The van der Waals surface area contributed by atoms with E-state index < -0.39 is 5.92 Å². The van der Waals surface area contributed by atoms with Crippen molar-refractivity contribution in [2.75, 3.05) is 0 Å². The van der Waals surface area contributed by atoms with E-state index in [-0.39, 0.29) is 0 Å². The van der Waals surface area contributed by atoms with Crippen molar-refractivity contribution in [2.45, 2.75) is 27.2 Å². The second-order valence-corrected chi connectivity index (χ2v) is 5.88. The SMILES string of the molecule is CCc1ccc(/C(Cl)=C\C2C(C#N)=C(C)NC(C)=C2C#N)cc1. The van der Waals surface area contributed by atoms with E-state index in [4.69, 9.17) is 11.6 Å². The standard InChI is InChI=1S/C19H18ClN3/c1-4-14-5-7-15(8-6-14)19(20)9-16-17(10-21)12(2)23-13(3)18(16)11-22/h5-9,16,23H,4H2,1-3H3/b19-9+. The molecule has 0 saturated carbocycles. The van der Waals surface area contributed by atoms with Crippen molar-refractivity contribution in [1.29, 1.82) is 10.5 Å². The number of allylic oxidation sites excluding steroid dienone is 5. The molecule has 4 heteroatoms. The molecule has 0 aliphatic carbocycles. The first-order chi connectivity index (χ1) is 11.0. The minimum Gasteiger partial charge on any atom is -0.361 e. The number of nitrogens with one attached hydrogen (secondary N) is 1. The number of nitriles is 2. The van der Waals surface area contributed by atoms with E-state index in [0.717, 1.165) is 23.4 Å². The molecule has 0 amide bonds. The third-order valence-electron chi connectivity index (χ3n) is 4.00. The Kier molecular flexibility index (Phi) is 5.27. The van der Waals surface area contributed by atoms with Crippen LogP contribution in [0.4, 0.5) is 0 Å². The summed E-state index contributed by atoms with van der Waals surface area (Å²) in [6, 6.07) is 12.4. The first-order valence-corrected chi connectivity index (χ1v) is 7.85. The minimum absolute atomic E-state index is 0.412. The monoisotopic (exact) mass is 323 g/mol. The molecule has 0 aromatic heterocycles. The lowest BCUT2D eigenvalue weighted by molar-refractivity contribution is 0.799. The molecule has 1 aliphatic heterocycles. The molecule has 3 nitrogen and oxygen atoms in total. The zero-order valence-corrected chi connectivity index (χ0v) is 14.2. The fourth-order valence-corrected chi connectivity index (χ4v) is 2.89. The summed E-state index contributed by atoms with van der Waals surface area (Å²) in [5.74, 6) is -0.412. The summed E-state index contributed by atoms with van der Waals surface area (Å²) in [5.41, 5.74) is 4.69. The van der Waals surface area contributed by atoms with Crippen LogP contribution < -0.4 is 5.32 Å². The van der Waals surface area contributed by atoms with Gasteiger partial charge in [0.05, 0.1) is 29.2 Å². The highest BCUT2D eigenvalue weighted by Gasteiger charge is 2.26. The van der Waals surface area contributed by atoms with Crippen LogP contribution in [-0.2, 0) is 6.42 Å². The van der Waals surface area contributed by atoms with Gasteiger partial charge in [-0.05, 0) is 31.4 Å². The van der Waals surface area contributed by atoms with Crippen LogP contribution in [0.1, 0.15) is 31.9 Å². The maximum absolute atomic E-state index is 9.43. The van der Waals surface area contributed by atoms with Crippen molar-refractivity contribution >= 4 is 16.6 Å². The topological polar surface area (TPSA) is 59.6 Å². The molecule has 23 heavy (non-hydrogen) atoms. The molecule has 1 heterocycles. The number of hydrogen-bond acceptors (Lipinski definition) is 3. The molecule has 1 N–H and O–H groups in total. The molecule has 0 unspecified atom stereocenters. The average Bonchev–Trinajstić information content (AvgIpc) is 2.55. The number of halogens is 1. The summed E-state index contributed by atoms with van der Waals surface area (Å²) in [6.07, 6.45) is 2.75. The highest BCUT2D eigenvalue weighted by atomic mass is 35.5. The van der Waals surface area contributed by atoms with Crippen LogP contribution in [0.3, 0.4) is 0 Å². The van der Waals surface area contributed by atoms with Crippen LogP contribution in [0.2, 0.25) is 0 Å². The van der Waals surface area contributed by atoms with Gasteiger partial charge in [0.15, 0.2) is 0 Å². The molecule has 116 valence electrons. The minimum atomic E-state index is -0.412. The van der Waals surface area contributed by atoms with Crippen molar-refractivity contribution in [3.8, 4) is 12.1 Å². The first-order valence-electron chi connectivity index (χ1n) is 7.47. The van der Waals surface area contributed by atoms with Gasteiger partial charge in [-0.3, -0.25) is 0 Å². The Labute approximate surface area is 142 Å². The van der Waals surface area contributed by atoms with Gasteiger partial charge < -0.3 is 5.32 Å². The number of aryl methyl sites for hydroxylation is 1. The van der Waals surface area contributed by atoms with Crippen LogP contribution in [0.5, 0.6) is 0 Å². The zero-order valence-electron chi connectivity index (χ0n) is 13.4. The molecule has 0 radical (unpaired) electrons. The van der Waals surface area contributed by atoms with Crippen LogP contribution in [0.25, 0.3) is 5.03 Å². The molecule has 0 atom stereocenters. The molecule has 1 aromatic rings. The molecule has 0 saturated heterocycles. The summed E-state index contributed by atoms with van der Waals surface area (Å²) < 4.78 is 0. The number of dihydropyridines is 1. The second-order valence-electron chi connectivity index (χ2n) is 5.47. The van der Waals surface area contributed by atoms with Crippen LogP contribution in [0, 0.1) is 28.6 Å². The zero-order chi connectivity index (χ0) is 17.0. The smallest absolute Gasteiger partial charge is 0.0975 e. The van der Waals surface area contributed by atoms with E-state index in [9.17, 15) is 10.5 Å². The largest absolute Gasteiger partial charge is 0.361 e. The summed E-state index contributed by atoms with van der Waals surface area (Å²) >= 11 is 6.45. The fourth-order valence-electron chi connectivity index (χ4n) is 2.64. The van der Waals surface area contributed by atoms with Crippen LogP contribution >= 0.6 is 11.6 Å². The summed E-state index contributed by atoms with van der Waals surface area (Å²) in [7, 11) is 0. The molecule has 1 aromatic carbocycles. The summed E-state index contributed by atoms with van der Waals surface area (Å²) in [5, 5.41) is 22.5. The van der Waals surface area contributed by atoms with E-state index >= 15 is 0 Å². The maximum Gasteiger partial charge on any atom is 0.0975 e. The van der Waals surface area contributed by atoms with Gasteiger partial charge in [0, 0.05) is 16.4 Å². The molecule has 0 fully saturated rings. The van der Waals surface area contributed by atoms with Crippen molar-refractivity contribution in [2.24, 2.45) is 5.92 Å². The van der Waals surface area contributed by atoms with E-state index in [0.29, 0.717) is 16.2 Å². The van der Waals surface area contributed by atoms with Crippen LogP contribution in [0.15, 0.2) is 52.9 Å². The fraction of sp³-hybridized carbons (Fsp3) is 0.263. The van der Waals surface area contributed by atoms with Gasteiger partial charge in [0.2, 0.25) is 0 Å². The molecule has 0 spiro atoms. The Morgan fingerprint density at radius 1 is 1.13 bits per heavy atom. The predicted molar refractivity (Wildman–Crippen MR) is 92.9 cm³/mol. The highest BCUT2D eigenvalue weighted by molar-refractivity contribution is 6.48. The normalized spacial score (nSPS) is 16.0. The van der Waals surface area contributed by atoms with Gasteiger partial charge in [0.1, 0.15) is 0 Å². The molecule has 2 rings (SSSR count). The van der Waals surface area contributed by atoms with E-state index in [1.807, 2.05) is 38.1 Å². The predicted octanol–water partition coefficient (Wildman–Crippen LogP) is 4.64. The molecule has 1 aliphatic rings. The Morgan fingerprint density at radius 3 is 2.09 bits per heavy atom. The molecule has 0 bridgehead atoms. The average molecular weight is 324 g/mol. The van der Waals surface area contributed by atoms with Crippen molar-refractivity contribution in [1.82, 2.24) is 5.32 Å². The van der Waals surface area contributed by atoms with E-state index in [2.05, 4.69) is 24.4 Å². The van der Waals surface area contributed by atoms with Crippen molar-refractivity contribution in [3.63, 3.8) is 0 Å². The summed E-state index contributed by atoms with van der Waals surface area (Å²) in [4.78, 5) is 0. The van der Waals surface area contributed by atoms with Gasteiger partial charge >= 0.3 is 0 Å². The van der Waals surface area contributed by atoms with Gasteiger partial charge in [-0.2, -0.15) is 10.5 Å².